The van der Waals surface area contributed by atoms with Crippen molar-refractivity contribution in [3.8, 4) is 10.6 Å². The molecule has 2 aromatic heterocycles. The SMILES string of the molecule is CCN(Cc1cc(-c2cccs2)on1)C(C)CC(=O)O. The number of thiophene rings is 1. The van der Waals surface area contributed by atoms with E-state index in [9.17, 15) is 4.79 Å². The van der Waals surface area contributed by atoms with Crippen LogP contribution in [0.3, 0.4) is 0 Å². The number of hydrogen-bond acceptors (Lipinski definition) is 5. The lowest BCUT2D eigenvalue weighted by molar-refractivity contribution is -0.138. The highest BCUT2D eigenvalue weighted by molar-refractivity contribution is 7.13. The van der Waals surface area contributed by atoms with Crippen molar-refractivity contribution >= 4 is 17.3 Å². The molecule has 0 bridgehead atoms. The lowest BCUT2D eigenvalue weighted by atomic mass is 10.2. The van der Waals surface area contributed by atoms with Gasteiger partial charge in [-0.25, -0.2) is 0 Å². The summed E-state index contributed by atoms with van der Waals surface area (Å²) in [6.07, 6.45) is 0.128. The van der Waals surface area contributed by atoms with E-state index < -0.39 is 5.97 Å². The van der Waals surface area contributed by atoms with Crippen LogP contribution in [-0.2, 0) is 11.3 Å². The molecule has 0 radical (unpaired) electrons. The van der Waals surface area contributed by atoms with Gasteiger partial charge in [-0.05, 0) is 24.9 Å². The van der Waals surface area contributed by atoms with Gasteiger partial charge >= 0.3 is 5.97 Å². The quantitative estimate of drug-likeness (QED) is 0.850. The maximum absolute atomic E-state index is 10.8. The second-order valence-electron chi connectivity index (χ2n) is 4.67. The van der Waals surface area contributed by atoms with Crippen molar-refractivity contribution in [3.05, 3.63) is 29.3 Å². The Hall–Kier alpha value is -1.66. The van der Waals surface area contributed by atoms with Gasteiger partial charge in [-0.2, -0.15) is 0 Å². The maximum Gasteiger partial charge on any atom is 0.304 e. The van der Waals surface area contributed by atoms with E-state index in [-0.39, 0.29) is 12.5 Å². The summed E-state index contributed by atoms with van der Waals surface area (Å²) in [5.41, 5.74) is 0.826. The molecule has 1 unspecified atom stereocenters. The van der Waals surface area contributed by atoms with Crippen LogP contribution in [0.15, 0.2) is 28.1 Å². The van der Waals surface area contributed by atoms with Crippen molar-refractivity contribution in [1.29, 1.82) is 0 Å². The summed E-state index contributed by atoms with van der Waals surface area (Å²) in [7, 11) is 0. The lowest BCUT2D eigenvalue weighted by Gasteiger charge is -2.25. The number of carbonyl (C=O) groups is 1. The molecule has 0 aliphatic carbocycles. The molecule has 0 amide bonds. The zero-order chi connectivity index (χ0) is 14.5. The Morgan fingerprint density at radius 2 is 2.40 bits per heavy atom. The predicted octanol–water partition coefficient (Wildman–Crippen LogP) is 3.09. The van der Waals surface area contributed by atoms with Crippen LogP contribution >= 0.6 is 11.3 Å². The smallest absolute Gasteiger partial charge is 0.304 e. The number of nitrogens with zero attached hydrogens (tertiary/aromatic N) is 2. The molecule has 5 nitrogen and oxygen atoms in total. The van der Waals surface area contributed by atoms with Gasteiger partial charge in [0.2, 0.25) is 0 Å². The molecule has 6 heteroatoms. The summed E-state index contributed by atoms with van der Waals surface area (Å²) >= 11 is 1.60. The minimum Gasteiger partial charge on any atom is -0.481 e. The van der Waals surface area contributed by atoms with Gasteiger partial charge in [0.05, 0.1) is 17.0 Å². The van der Waals surface area contributed by atoms with Crippen molar-refractivity contribution in [3.63, 3.8) is 0 Å². The Balaban J connectivity index is 2.03. The van der Waals surface area contributed by atoms with E-state index in [1.165, 1.54) is 0 Å². The molecule has 0 aromatic carbocycles. The van der Waals surface area contributed by atoms with Crippen LogP contribution in [0.1, 0.15) is 26.0 Å². The molecule has 2 rings (SSSR count). The first-order chi connectivity index (χ1) is 9.60. The van der Waals surface area contributed by atoms with E-state index in [1.54, 1.807) is 11.3 Å². The number of hydrogen-bond donors (Lipinski definition) is 1. The zero-order valence-electron chi connectivity index (χ0n) is 11.6. The van der Waals surface area contributed by atoms with E-state index in [0.29, 0.717) is 6.54 Å². The van der Waals surface area contributed by atoms with Gasteiger partial charge in [-0.15, -0.1) is 11.3 Å². The van der Waals surface area contributed by atoms with Crippen molar-refractivity contribution in [2.75, 3.05) is 6.54 Å². The molecule has 0 fully saturated rings. The van der Waals surface area contributed by atoms with E-state index in [2.05, 4.69) is 10.1 Å². The van der Waals surface area contributed by atoms with Crippen molar-refractivity contribution < 1.29 is 14.4 Å². The van der Waals surface area contributed by atoms with Crippen molar-refractivity contribution in [2.24, 2.45) is 0 Å². The number of carboxylic acids is 1. The van der Waals surface area contributed by atoms with E-state index in [4.69, 9.17) is 9.63 Å². The normalized spacial score (nSPS) is 12.8. The fraction of sp³-hybridized carbons (Fsp3) is 0.429. The Morgan fingerprint density at radius 3 is 3.00 bits per heavy atom. The number of aromatic nitrogens is 1. The second-order valence-corrected chi connectivity index (χ2v) is 5.62. The van der Waals surface area contributed by atoms with Crippen LogP contribution in [0.25, 0.3) is 10.6 Å². The van der Waals surface area contributed by atoms with E-state index in [1.807, 2.05) is 37.4 Å². The fourth-order valence-electron chi connectivity index (χ4n) is 2.09. The fourth-order valence-corrected chi connectivity index (χ4v) is 2.76. The highest BCUT2D eigenvalue weighted by Gasteiger charge is 2.17. The summed E-state index contributed by atoms with van der Waals surface area (Å²) in [4.78, 5) is 13.9. The van der Waals surface area contributed by atoms with Gasteiger partial charge in [0.15, 0.2) is 5.76 Å². The minimum absolute atomic E-state index is 0.0283. The summed E-state index contributed by atoms with van der Waals surface area (Å²) in [6.45, 7) is 5.30. The zero-order valence-corrected chi connectivity index (χ0v) is 12.4. The molecule has 1 atom stereocenters. The topological polar surface area (TPSA) is 66.6 Å². The van der Waals surface area contributed by atoms with Crippen LogP contribution in [0, 0.1) is 0 Å². The summed E-state index contributed by atoms with van der Waals surface area (Å²) in [5, 5.41) is 14.9. The molecule has 2 heterocycles. The van der Waals surface area contributed by atoms with Crippen LogP contribution in [0.4, 0.5) is 0 Å². The molecule has 108 valence electrons. The third-order valence-corrected chi connectivity index (χ3v) is 4.07. The Kier molecular flexibility index (Phi) is 4.92. The minimum atomic E-state index is -0.782. The number of rotatable bonds is 7. The third kappa shape index (κ3) is 3.68. The molecule has 20 heavy (non-hydrogen) atoms. The molecule has 0 aliphatic heterocycles. The molecule has 0 spiro atoms. The molecule has 1 N–H and O–H groups in total. The lowest BCUT2D eigenvalue weighted by Crippen LogP contribution is -2.34. The van der Waals surface area contributed by atoms with E-state index >= 15 is 0 Å². The molecule has 0 saturated heterocycles. The largest absolute Gasteiger partial charge is 0.481 e. The van der Waals surface area contributed by atoms with Gasteiger partial charge < -0.3 is 9.63 Å². The van der Waals surface area contributed by atoms with Crippen molar-refractivity contribution in [2.45, 2.75) is 32.9 Å². The van der Waals surface area contributed by atoms with Gasteiger partial charge in [-0.3, -0.25) is 9.69 Å². The van der Waals surface area contributed by atoms with Crippen molar-refractivity contribution in [1.82, 2.24) is 10.1 Å². The van der Waals surface area contributed by atoms with Gasteiger partial charge in [0.1, 0.15) is 0 Å². The first kappa shape index (κ1) is 14.7. The predicted molar refractivity (Wildman–Crippen MR) is 77.6 cm³/mol. The molecule has 0 aliphatic rings. The Labute approximate surface area is 121 Å². The highest BCUT2D eigenvalue weighted by Crippen LogP contribution is 2.25. The average Bonchev–Trinajstić information content (AvgIpc) is 3.05. The monoisotopic (exact) mass is 294 g/mol. The summed E-state index contributed by atoms with van der Waals surface area (Å²) in [5.74, 6) is -0.0210. The van der Waals surface area contributed by atoms with Gasteiger partial charge in [0, 0.05) is 18.7 Å². The summed E-state index contributed by atoms with van der Waals surface area (Å²) in [6, 6.07) is 5.84. The Bertz CT molecular complexity index is 551. The maximum atomic E-state index is 10.8. The van der Waals surface area contributed by atoms with Crippen LogP contribution < -0.4 is 0 Å². The van der Waals surface area contributed by atoms with Gasteiger partial charge in [-0.1, -0.05) is 18.1 Å². The number of aliphatic carboxylic acids is 1. The van der Waals surface area contributed by atoms with E-state index in [0.717, 1.165) is 22.9 Å². The average molecular weight is 294 g/mol. The highest BCUT2D eigenvalue weighted by atomic mass is 32.1. The Morgan fingerprint density at radius 1 is 1.60 bits per heavy atom. The molecular weight excluding hydrogens is 276 g/mol. The first-order valence-corrected chi connectivity index (χ1v) is 7.43. The van der Waals surface area contributed by atoms with Crippen LogP contribution in [0.5, 0.6) is 0 Å². The summed E-state index contributed by atoms with van der Waals surface area (Å²) < 4.78 is 5.33. The number of carboxylic acid groups (broad SMARTS) is 1. The van der Waals surface area contributed by atoms with Crippen LogP contribution in [-0.4, -0.2) is 33.7 Å². The first-order valence-electron chi connectivity index (χ1n) is 6.55. The second kappa shape index (κ2) is 6.67. The van der Waals surface area contributed by atoms with Crippen LogP contribution in [0.2, 0.25) is 0 Å². The third-order valence-electron chi connectivity index (χ3n) is 3.19. The molecule has 2 aromatic rings. The molecular formula is C14H18N2O3S. The standard InChI is InChI=1S/C14H18N2O3S/c1-3-16(10(2)7-14(17)18)9-11-8-12(19-15-11)13-5-4-6-20-13/h4-6,8,10H,3,7,9H2,1-2H3,(H,17,18). The molecule has 0 saturated carbocycles. The van der Waals surface area contributed by atoms with Gasteiger partial charge in [0.25, 0.3) is 0 Å².